The topological polar surface area (TPSA) is 125 Å². The summed E-state index contributed by atoms with van der Waals surface area (Å²) in [6.07, 6.45) is 8.36. The van der Waals surface area contributed by atoms with E-state index in [9.17, 15) is 19.5 Å². The summed E-state index contributed by atoms with van der Waals surface area (Å²) in [5, 5.41) is 12.3. The fraction of sp³-hybridized carbons (Fsp3) is 0.641. The third-order valence-corrected chi connectivity index (χ3v) is 11.1. The van der Waals surface area contributed by atoms with Crippen LogP contribution in [0, 0.1) is 17.3 Å². The third kappa shape index (κ3) is 7.75. The number of hydrogen-bond acceptors (Lipinski definition) is 7. The molecule has 5 rings (SSSR count). The number of halogens is 1. The van der Waals surface area contributed by atoms with Crippen LogP contribution in [0.25, 0.3) is 0 Å². The van der Waals surface area contributed by atoms with Crippen molar-refractivity contribution in [2.24, 2.45) is 17.3 Å². The lowest BCUT2D eigenvalue weighted by Crippen LogP contribution is -2.60. The molecule has 3 amide bonds. The molecule has 11 heteroatoms. The van der Waals surface area contributed by atoms with E-state index in [1.807, 2.05) is 60.4 Å². The number of cyclic esters (lactones) is 1. The Kier molecular flexibility index (Phi) is 11.7. The van der Waals surface area contributed by atoms with Crippen LogP contribution < -0.4 is 5.32 Å². The number of ether oxygens (including phenoxy) is 2. The lowest BCUT2D eigenvalue weighted by Gasteiger charge is -2.45. The molecule has 1 aromatic rings. The van der Waals surface area contributed by atoms with Crippen molar-refractivity contribution in [3.8, 4) is 0 Å². The first-order valence-electron chi connectivity index (χ1n) is 18.1. The first kappa shape index (κ1) is 38.2. The van der Waals surface area contributed by atoms with E-state index >= 15 is 4.79 Å². The number of benzene rings is 1. The Balaban J connectivity index is 1.61. The number of unbranched alkanes of at least 4 members (excludes halogenated alkanes) is 3. The molecule has 0 aliphatic carbocycles. The van der Waals surface area contributed by atoms with Crippen LogP contribution in [0.1, 0.15) is 98.2 Å². The number of aliphatic hydroxyl groups is 1. The molecule has 2 saturated heterocycles. The van der Waals surface area contributed by atoms with Gasteiger partial charge in [-0.15, -0.1) is 0 Å². The summed E-state index contributed by atoms with van der Waals surface area (Å²) < 4.78 is 13.6. The summed E-state index contributed by atoms with van der Waals surface area (Å²) in [5.41, 5.74) is -1.38. The minimum Gasteiger partial charge on any atom is -0.455 e. The zero-order valence-corrected chi connectivity index (χ0v) is 31.9. The first-order valence-corrected chi connectivity index (χ1v) is 18.9. The Morgan fingerprint density at radius 2 is 1.66 bits per heavy atom. The molecular formula is C39H54BrN3O7. The summed E-state index contributed by atoms with van der Waals surface area (Å²) >= 11 is 3.65. The monoisotopic (exact) mass is 755 g/mol. The SMILES string of the molecule is C[C@H]1NC(=O)CC/C=C\CN(C(C)(C)CC(C)(C)C)C(=O)[C@@H]2N(CCCCCCO)C(=O)[C@H]3[C@H](C(=O)O[C@@H]1c1ccccc1)[C@H]1O[C@@]23C=C1Br. The van der Waals surface area contributed by atoms with E-state index in [-0.39, 0.29) is 42.7 Å². The van der Waals surface area contributed by atoms with Crippen LogP contribution in [0.2, 0.25) is 0 Å². The summed E-state index contributed by atoms with van der Waals surface area (Å²) in [6.45, 7) is 13.0. The fourth-order valence-electron chi connectivity index (χ4n) is 8.65. The smallest absolute Gasteiger partial charge is 0.313 e. The maximum Gasteiger partial charge on any atom is 0.313 e. The van der Waals surface area contributed by atoms with Gasteiger partial charge in [0.05, 0.1) is 12.0 Å². The standard InChI is InChI=1S/C39H54BrN3O7/c1-25-31(26-17-11-9-12-18-26)49-36(48)29-30-34(46)42(20-14-7-8-16-22-44)33(39(30)23-27(40)32(29)50-39)35(47)43(38(5,6)24-37(2,3)4)21-15-10-13-19-28(45)41-25/h9-12,15,17-18,23,25,29-33,44H,7-8,13-14,16,19-22,24H2,1-6H3,(H,41,45)/b15-10-/t25-,29+,30-,31+,32+,33+,39-/m1/s1. The van der Waals surface area contributed by atoms with Crippen molar-refractivity contribution < 1.29 is 33.8 Å². The lowest BCUT2D eigenvalue weighted by molar-refractivity contribution is -0.161. The van der Waals surface area contributed by atoms with Gasteiger partial charge in [-0.05, 0) is 63.5 Å². The van der Waals surface area contributed by atoms with E-state index in [0.29, 0.717) is 42.3 Å². The number of hydrogen-bond donors (Lipinski definition) is 2. The molecule has 2 fully saturated rings. The molecule has 0 radical (unpaired) electrons. The largest absolute Gasteiger partial charge is 0.455 e. The maximum absolute atomic E-state index is 15.2. The number of carbonyl (C=O) groups excluding carboxylic acids is 4. The first-order chi connectivity index (χ1) is 23.6. The van der Waals surface area contributed by atoms with E-state index in [4.69, 9.17) is 9.47 Å². The van der Waals surface area contributed by atoms with Crippen LogP contribution in [0.15, 0.2) is 53.0 Å². The third-order valence-electron chi connectivity index (χ3n) is 10.4. The minimum absolute atomic E-state index is 0.102. The minimum atomic E-state index is -1.37. The molecule has 274 valence electrons. The summed E-state index contributed by atoms with van der Waals surface area (Å²) in [4.78, 5) is 60.9. The van der Waals surface area contributed by atoms with Crippen LogP contribution in [-0.4, -0.2) is 87.6 Å². The van der Waals surface area contributed by atoms with Crippen LogP contribution in [0.4, 0.5) is 0 Å². The van der Waals surface area contributed by atoms with Gasteiger partial charge in [0.15, 0.2) is 0 Å². The molecule has 5 bridgehead atoms. The predicted octanol–water partition coefficient (Wildman–Crippen LogP) is 5.59. The fourth-order valence-corrected chi connectivity index (χ4v) is 9.39. The highest BCUT2D eigenvalue weighted by molar-refractivity contribution is 9.11. The van der Waals surface area contributed by atoms with E-state index in [1.165, 1.54) is 0 Å². The molecule has 0 unspecified atom stereocenters. The molecule has 50 heavy (non-hydrogen) atoms. The van der Waals surface area contributed by atoms with Crippen LogP contribution in [0.5, 0.6) is 0 Å². The molecule has 4 aliphatic heterocycles. The zero-order valence-electron chi connectivity index (χ0n) is 30.3. The van der Waals surface area contributed by atoms with Crippen LogP contribution in [0.3, 0.4) is 0 Å². The summed E-state index contributed by atoms with van der Waals surface area (Å²) in [5.74, 6) is -3.29. The van der Waals surface area contributed by atoms with Gasteiger partial charge in [0.2, 0.25) is 17.7 Å². The molecule has 0 saturated carbocycles. The number of allylic oxidation sites excluding steroid dienone is 1. The number of nitrogens with zero attached hydrogens (tertiary/aromatic N) is 2. The van der Waals surface area contributed by atoms with Crippen molar-refractivity contribution in [3.63, 3.8) is 0 Å². The van der Waals surface area contributed by atoms with E-state index < -0.39 is 53.2 Å². The van der Waals surface area contributed by atoms with Crippen molar-refractivity contribution in [1.29, 1.82) is 0 Å². The van der Waals surface area contributed by atoms with E-state index in [1.54, 1.807) is 4.90 Å². The van der Waals surface area contributed by atoms with Gasteiger partial charge in [-0.2, -0.15) is 0 Å². The lowest BCUT2D eigenvalue weighted by atomic mass is 9.74. The summed E-state index contributed by atoms with van der Waals surface area (Å²) in [6, 6.07) is 7.71. The molecule has 2 N–H and O–H groups in total. The van der Waals surface area contributed by atoms with E-state index in [2.05, 4.69) is 55.9 Å². The molecule has 4 heterocycles. The second-order valence-electron chi connectivity index (χ2n) is 16.1. The molecule has 1 spiro atoms. The number of likely N-dealkylation sites (tertiary alicyclic amines) is 1. The highest BCUT2D eigenvalue weighted by atomic mass is 79.9. The Morgan fingerprint density at radius 1 is 0.960 bits per heavy atom. The number of nitrogens with one attached hydrogen (secondary N) is 1. The molecule has 10 nitrogen and oxygen atoms in total. The van der Waals surface area contributed by atoms with Crippen molar-refractivity contribution in [3.05, 3.63) is 58.6 Å². The van der Waals surface area contributed by atoms with Crippen LogP contribution >= 0.6 is 15.9 Å². The number of fused-ring (bicyclic) bond motifs is 2. The zero-order chi connectivity index (χ0) is 36.4. The van der Waals surface area contributed by atoms with Crippen molar-refractivity contribution in [2.75, 3.05) is 19.7 Å². The average molecular weight is 757 g/mol. The molecule has 7 atom stereocenters. The second-order valence-corrected chi connectivity index (χ2v) is 17.0. The number of esters is 1. The maximum atomic E-state index is 15.2. The average Bonchev–Trinajstić information content (AvgIpc) is 3.62. The van der Waals surface area contributed by atoms with Crippen molar-refractivity contribution in [2.45, 2.75) is 122 Å². The Labute approximate surface area is 305 Å². The second kappa shape index (κ2) is 15.3. The number of aliphatic hydroxyl groups excluding tert-OH is 1. The van der Waals surface area contributed by atoms with Crippen molar-refractivity contribution >= 4 is 39.6 Å². The van der Waals surface area contributed by atoms with Gasteiger partial charge in [-0.25, -0.2) is 0 Å². The highest BCUT2D eigenvalue weighted by Gasteiger charge is 2.75. The van der Waals surface area contributed by atoms with Gasteiger partial charge in [0.1, 0.15) is 29.8 Å². The normalized spacial score (nSPS) is 31.4. The van der Waals surface area contributed by atoms with Gasteiger partial charge < -0.3 is 29.7 Å². The highest BCUT2D eigenvalue weighted by Crippen LogP contribution is 2.59. The molecule has 0 aromatic heterocycles. The van der Waals surface area contributed by atoms with Gasteiger partial charge in [-0.3, -0.25) is 19.2 Å². The van der Waals surface area contributed by atoms with E-state index in [0.717, 1.165) is 12.8 Å². The van der Waals surface area contributed by atoms with Gasteiger partial charge in [0, 0.05) is 36.1 Å². The quantitative estimate of drug-likeness (QED) is 0.191. The Bertz CT molecular complexity index is 1490. The number of rotatable bonds is 9. The molecule has 4 aliphatic rings. The van der Waals surface area contributed by atoms with Crippen LogP contribution in [-0.2, 0) is 28.7 Å². The molecule has 1 aromatic carbocycles. The molecular weight excluding hydrogens is 702 g/mol. The Hall–Kier alpha value is -3.02. The Morgan fingerprint density at radius 3 is 2.34 bits per heavy atom. The number of carbonyl (C=O) groups is 4. The van der Waals surface area contributed by atoms with Gasteiger partial charge >= 0.3 is 5.97 Å². The number of amides is 3. The van der Waals surface area contributed by atoms with Crippen molar-refractivity contribution in [1.82, 2.24) is 15.1 Å². The van der Waals surface area contributed by atoms with Gasteiger partial charge in [-0.1, -0.05) is 92.0 Å². The predicted molar refractivity (Wildman–Crippen MR) is 194 cm³/mol. The van der Waals surface area contributed by atoms with Gasteiger partial charge in [0.25, 0.3) is 0 Å². The summed E-state index contributed by atoms with van der Waals surface area (Å²) in [7, 11) is 0.